The number of aryl methyl sites for hydroxylation is 2. The first-order valence-corrected chi connectivity index (χ1v) is 7.85. The Morgan fingerprint density at radius 1 is 1.30 bits per heavy atom. The highest BCUT2D eigenvalue weighted by Gasteiger charge is 2.17. The number of hydrogen-bond acceptors (Lipinski definition) is 3. The number of halogens is 1. The van der Waals surface area contributed by atoms with E-state index in [4.69, 9.17) is 4.74 Å². The molecule has 0 unspecified atom stereocenters. The van der Waals surface area contributed by atoms with Crippen LogP contribution in [0.25, 0.3) is 11.3 Å². The van der Waals surface area contributed by atoms with Crippen molar-refractivity contribution >= 4 is 15.9 Å². The minimum atomic E-state index is 0.790. The zero-order chi connectivity index (χ0) is 13.9. The van der Waals surface area contributed by atoms with Crippen LogP contribution in [-0.2, 0) is 12.8 Å². The highest BCUT2D eigenvalue weighted by Crippen LogP contribution is 2.35. The molecule has 3 nitrogen and oxygen atoms in total. The summed E-state index contributed by atoms with van der Waals surface area (Å²) in [7, 11) is 0. The van der Waals surface area contributed by atoms with Crippen LogP contribution in [-0.4, -0.2) is 16.6 Å². The Hall–Kier alpha value is -1.42. The van der Waals surface area contributed by atoms with Crippen LogP contribution in [0.4, 0.5) is 0 Å². The molecule has 1 aromatic carbocycles. The maximum Gasteiger partial charge on any atom is 0.131 e. The van der Waals surface area contributed by atoms with Crippen molar-refractivity contribution in [3.8, 4) is 17.0 Å². The van der Waals surface area contributed by atoms with Gasteiger partial charge in [-0.25, -0.2) is 9.97 Å². The molecule has 3 rings (SSSR count). The Balaban J connectivity index is 2.09. The minimum absolute atomic E-state index is 0.790. The van der Waals surface area contributed by atoms with Gasteiger partial charge in [0.25, 0.3) is 0 Å². The third-order valence-electron chi connectivity index (χ3n) is 3.42. The summed E-state index contributed by atoms with van der Waals surface area (Å²) in [4.78, 5) is 9.11. The Labute approximate surface area is 127 Å². The fourth-order valence-electron chi connectivity index (χ4n) is 2.53. The molecule has 104 valence electrons. The molecule has 0 bridgehead atoms. The summed E-state index contributed by atoms with van der Waals surface area (Å²) < 4.78 is 6.71. The van der Waals surface area contributed by atoms with Crippen LogP contribution in [0.1, 0.15) is 31.2 Å². The number of hydrogen-bond donors (Lipinski definition) is 0. The van der Waals surface area contributed by atoms with Crippen molar-refractivity contribution in [2.45, 2.75) is 32.6 Å². The zero-order valence-corrected chi connectivity index (χ0v) is 13.1. The molecule has 20 heavy (non-hydrogen) atoms. The van der Waals surface area contributed by atoms with Gasteiger partial charge in [-0.05, 0) is 52.9 Å². The lowest BCUT2D eigenvalue weighted by Gasteiger charge is -2.20. The number of rotatable bonds is 3. The first kappa shape index (κ1) is 13.6. The highest BCUT2D eigenvalue weighted by atomic mass is 79.9. The topological polar surface area (TPSA) is 35.0 Å². The van der Waals surface area contributed by atoms with Crippen molar-refractivity contribution in [2.24, 2.45) is 0 Å². The van der Waals surface area contributed by atoms with Gasteiger partial charge in [-0.3, -0.25) is 0 Å². The minimum Gasteiger partial charge on any atom is -0.493 e. The maximum atomic E-state index is 5.87. The number of para-hydroxylation sites is 1. The van der Waals surface area contributed by atoms with Crippen LogP contribution in [0.15, 0.2) is 28.9 Å². The summed E-state index contributed by atoms with van der Waals surface area (Å²) in [5.74, 6) is 1.87. The van der Waals surface area contributed by atoms with Gasteiger partial charge in [-0.1, -0.05) is 19.1 Å². The van der Waals surface area contributed by atoms with Crippen molar-refractivity contribution in [1.29, 1.82) is 0 Å². The van der Waals surface area contributed by atoms with Crippen LogP contribution in [0.5, 0.6) is 5.75 Å². The van der Waals surface area contributed by atoms with Gasteiger partial charge in [0.2, 0.25) is 0 Å². The number of fused-ring (bicyclic) bond motifs is 1. The zero-order valence-electron chi connectivity index (χ0n) is 11.5. The lowest BCUT2D eigenvalue weighted by molar-refractivity contribution is 0.289. The standard InChI is InChI=1S/C16H17BrN2O/c1-2-5-15-18-13(10-14(17)19-15)12-8-3-6-11-7-4-9-20-16(11)12/h3,6,8,10H,2,4-5,7,9H2,1H3. The molecule has 0 amide bonds. The molecule has 0 radical (unpaired) electrons. The Morgan fingerprint density at radius 2 is 2.20 bits per heavy atom. The molecule has 1 aliphatic heterocycles. The highest BCUT2D eigenvalue weighted by molar-refractivity contribution is 9.10. The molecule has 0 aliphatic carbocycles. The Morgan fingerprint density at radius 3 is 3.05 bits per heavy atom. The van der Waals surface area contributed by atoms with E-state index in [-0.39, 0.29) is 0 Å². The first-order chi connectivity index (χ1) is 9.78. The predicted octanol–water partition coefficient (Wildman–Crippen LogP) is 4.18. The second kappa shape index (κ2) is 5.92. The van der Waals surface area contributed by atoms with E-state index < -0.39 is 0 Å². The molecule has 0 saturated heterocycles. The van der Waals surface area contributed by atoms with Gasteiger partial charge in [0.05, 0.1) is 12.3 Å². The molecule has 0 saturated carbocycles. The van der Waals surface area contributed by atoms with Gasteiger partial charge in [0.1, 0.15) is 16.2 Å². The van der Waals surface area contributed by atoms with Crippen molar-refractivity contribution < 1.29 is 4.74 Å². The van der Waals surface area contributed by atoms with E-state index in [1.54, 1.807) is 0 Å². The number of benzene rings is 1. The van der Waals surface area contributed by atoms with Crippen molar-refractivity contribution in [3.63, 3.8) is 0 Å². The van der Waals surface area contributed by atoms with E-state index in [1.165, 1.54) is 5.56 Å². The predicted molar refractivity (Wildman–Crippen MR) is 83.0 cm³/mol. The molecular formula is C16H17BrN2O. The number of aromatic nitrogens is 2. The van der Waals surface area contributed by atoms with E-state index >= 15 is 0 Å². The Bertz CT molecular complexity index is 628. The molecule has 0 N–H and O–H groups in total. The smallest absolute Gasteiger partial charge is 0.131 e. The second-order valence-corrected chi connectivity index (χ2v) is 5.80. The third-order valence-corrected chi connectivity index (χ3v) is 3.83. The van der Waals surface area contributed by atoms with Gasteiger partial charge in [0, 0.05) is 12.0 Å². The van der Waals surface area contributed by atoms with Crippen molar-refractivity contribution in [3.05, 3.63) is 40.3 Å². The normalized spacial score (nSPS) is 13.7. The van der Waals surface area contributed by atoms with E-state index in [2.05, 4.69) is 51.0 Å². The van der Waals surface area contributed by atoms with Crippen molar-refractivity contribution in [2.75, 3.05) is 6.61 Å². The van der Waals surface area contributed by atoms with Gasteiger partial charge in [0.15, 0.2) is 0 Å². The molecule has 1 aromatic heterocycles. The quantitative estimate of drug-likeness (QED) is 0.790. The lowest BCUT2D eigenvalue weighted by Crippen LogP contribution is -2.09. The van der Waals surface area contributed by atoms with Crippen LogP contribution < -0.4 is 4.74 Å². The summed E-state index contributed by atoms with van der Waals surface area (Å²) in [5, 5.41) is 0. The van der Waals surface area contributed by atoms with Crippen LogP contribution in [0.2, 0.25) is 0 Å². The van der Waals surface area contributed by atoms with Gasteiger partial charge < -0.3 is 4.74 Å². The molecule has 0 spiro atoms. The SMILES string of the molecule is CCCc1nc(Br)cc(-c2cccc3c2OCCC3)n1. The van der Waals surface area contributed by atoms with Crippen molar-refractivity contribution in [1.82, 2.24) is 9.97 Å². The number of ether oxygens (including phenoxy) is 1. The average molecular weight is 333 g/mol. The molecule has 2 heterocycles. The van der Waals surface area contributed by atoms with Crippen LogP contribution >= 0.6 is 15.9 Å². The molecule has 2 aromatic rings. The van der Waals surface area contributed by atoms with E-state index in [9.17, 15) is 0 Å². The fraction of sp³-hybridized carbons (Fsp3) is 0.375. The monoisotopic (exact) mass is 332 g/mol. The van der Waals surface area contributed by atoms with Gasteiger partial charge in [-0.15, -0.1) is 0 Å². The number of nitrogens with zero attached hydrogens (tertiary/aromatic N) is 2. The van der Waals surface area contributed by atoms with Crippen LogP contribution in [0.3, 0.4) is 0 Å². The summed E-state index contributed by atoms with van der Waals surface area (Å²) >= 11 is 3.48. The van der Waals surface area contributed by atoms with E-state index in [0.29, 0.717) is 0 Å². The summed E-state index contributed by atoms with van der Waals surface area (Å²) in [6.07, 6.45) is 4.10. The molecule has 4 heteroatoms. The first-order valence-electron chi connectivity index (χ1n) is 7.06. The second-order valence-electron chi connectivity index (χ2n) is 4.99. The molecular weight excluding hydrogens is 316 g/mol. The fourth-order valence-corrected chi connectivity index (χ4v) is 2.95. The maximum absolute atomic E-state index is 5.87. The largest absolute Gasteiger partial charge is 0.493 e. The van der Waals surface area contributed by atoms with E-state index in [1.807, 2.05) is 6.07 Å². The molecule has 0 fully saturated rings. The molecule has 1 aliphatic rings. The van der Waals surface area contributed by atoms with E-state index in [0.717, 1.165) is 59.7 Å². The average Bonchev–Trinajstić information content (AvgIpc) is 2.46. The molecule has 0 atom stereocenters. The Kier molecular flexibility index (Phi) is 4.01. The summed E-state index contributed by atoms with van der Waals surface area (Å²) in [6.45, 7) is 2.93. The third kappa shape index (κ3) is 2.70. The van der Waals surface area contributed by atoms with Gasteiger partial charge >= 0.3 is 0 Å². The summed E-state index contributed by atoms with van der Waals surface area (Å²) in [5.41, 5.74) is 3.29. The lowest BCUT2D eigenvalue weighted by atomic mass is 10.0. The van der Waals surface area contributed by atoms with Crippen LogP contribution in [0, 0.1) is 0 Å². The van der Waals surface area contributed by atoms with Gasteiger partial charge in [-0.2, -0.15) is 0 Å². The summed E-state index contributed by atoms with van der Waals surface area (Å²) in [6, 6.07) is 8.26.